The minimum absolute atomic E-state index is 0.150. The number of hydrogen-bond acceptors (Lipinski definition) is 2. The van der Waals surface area contributed by atoms with Crippen LogP contribution in [0.4, 0.5) is 0 Å². The number of likely N-dealkylation sites (tertiary alicyclic amines) is 1. The van der Waals surface area contributed by atoms with Gasteiger partial charge < -0.3 is 9.64 Å². The van der Waals surface area contributed by atoms with E-state index in [0.29, 0.717) is 0 Å². The van der Waals surface area contributed by atoms with Crippen LogP contribution in [0.3, 0.4) is 0 Å². The summed E-state index contributed by atoms with van der Waals surface area (Å²) in [5.74, 6) is 0.946. The number of carbonyl (C=O) groups is 1. The van der Waals surface area contributed by atoms with E-state index < -0.39 is 0 Å². The van der Waals surface area contributed by atoms with E-state index in [-0.39, 0.29) is 5.91 Å². The molecule has 4 heteroatoms. The van der Waals surface area contributed by atoms with Gasteiger partial charge in [-0.15, -0.1) is 0 Å². The molecular formula is C13H16INO2. The molecule has 1 amide bonds. The number of amides is 1. The van der Waals surface area contributed by atoms with Gasteiger partial charge in [-0.25, -0.2) is 0 Å². The molecule has 0 aromatic heterocycles. The normalized spacial score (nSPS) is 15.8. The van der Waals surface area contributed by atoms with E-state index in [1.165, 1.54) is 6.42 Å². The number of carbonyl (C=O) groups excluding carboxylic acids is 1. The third kappa shape index (κ3) is 2.91. The minimum Gasteiger partial charge on any atom is -0.497 e. The summed E-state index contributed by atoms with van der Waals surface area (Å²) in [5, 5.41) is 0. The van der Waals surface area contributed by atoms with Crippen molar-refractivity contribution in [2.45, 2.75) is 19.3 Å². The molecule has 1 aromatic carbocycles. The first kappa shape index (κ1) is 12.7. The molecule has 3 nitrogen and oxygen atoms in total. The zero-order valence-corrected chi connectivity index (χ0v) is 12.1. The zero-order chi connectivity index (χ0) is 12.3. The van der Waals surface area contributed by atoms with Gasteiger partial charge in [-0.2, -0.15) is 0 Å². The monoisotopic (exact) mass is 345 g/mol. The van der Waals surface area contributed by atoms with Crippen molar-refractivity contribution >= 4 is 28.5 Å². The molecular weight excluding hydrogens is 329 g/mol. The van der Waals surface area contributed by atoms with Gasteiger partial charge >= 0.3 is 0 Å². The molecule has 1 heterocycles. The van der Waals surface area contributed by atoms with Crippen molar-refractivity contribution in [3.8, 4) is 5.75 Å². The number of nitrogens with zero attached hydrogens (tertiary/aromatic N) is 1. The summed E-state index contributed by atoms with van der Waals surface area (Å²) >= 11 is 2.19. The Morgan fingerprint density at radius 3 is 2.59 bits per heavy atom. The first-order valence-electron chi connectivity index (χ1n) is 5.85. The Morgan fingerprint density at radius 1 is 1.29 bits per heavy atom. The highest BCUT2D eigenvalue weighted by Crippen LogP contribution is 2.22. The van der Waals surface area contributed by atoms with Crippen LogP contribution in [0, 0.1) is 3.57 Å². The fraction of sp³-hybridized carbons (Fsp3) is 0.462. The smallest absolute Gasteiger partial charge is 0.254 e. The van der Waals surface area contributed by atoms with Crippen LogP contribution < -0.4 is 4.74 Å². The molecule has 17 heavy (non-hydrogen) atoms. The Hall–Kier alpha value is -0.780. The summed E-state index contributed by atoms with van der Waals surface area (Å²) in [4.78, 5) is 14.3. The average Bonchev–Trinajstić information content (AvgIpc) is 2.39. The molecule has 2 rings (SSSR count). The van der Waals surface area contributed by atoms with Crippen LogP contribution in [0.2, 0.25) is 0 Å². The van der Waals surface area contributed by atoms with Crippen LogP contribution in [0.5, 0.6) is 5.75 Å². The van der Waals surface area contributed by atoms with Crippen molar-refractivity contribution in [2.75, 3.05) is 20.2 Å². The molecule has 0 unspecified atom stereocenters. The van der Waals surface area contributed by atoms with E-state index in [1.54, 1.807) is 7.11 Å². The summed E-state index contributed by atoms with van der Waals surface area (Å²) in [5.41, 5.74) is 0.785. The van der Waals surface area contributed by atoms with Crippen molar-refractivity contribution in [3.05, 3.63) is 27.3 Å². The van der Waals surface area contributed by atoms with E-state index in [9.17, 15) is 4.79 Å². The predicted octanol–water partition coefficient (Wildman–Crippen LogP) is 2.93. The molecule has 0 saturated carbocycles. The molecule has 0 N–H and O–H groups in total. The molecule has 92 valence electrons. The maximum atomic E-state index is 12.3. The van der Waals surface area contributed by atoms with Crippen LogP contribution in [0.1, 0.15) is 29.6 Å². The van der Waals surface area contributed by atoms with E-state index in [0.717, 1.165) is 40.8 Å². The van der Waals surface area contributed by atoms with Crippen LogP contribution in [0.25, 0.3) is 0 Å². The van der Waals surface area contributed by atoms with Crippen molar-refractivity contribution in [3.63, 3.8) is 0 Å². The number of hydrogen-bond donors (Lipinski definition) is 0. The maximum Gasteiger partial charge on any atom is 0.254 e. The second-order valence-electron chi connectivity index (χ2n) is 4.20. The summed E-state index contributed by atoms with van der Waals surface area (Å²) < 4.78 is 6.10. The lowest BCUT2D eigenvalue weighted by Gasteiger charge is -2.27. The highest BCUT2D eigenvalue weighted by molar-refractivity contribution is 14.1. The topological polar surface area (TPSA) is 29.5 Å². The van der Waals surface area contributed by atoms with E-state index >= 15 is 0 Å². The highest BCUT2D eigenvalue weighted by atomic mass is 127. The van der Waals surface area contributed by atoms with Gasteiger partial charge in [0.2, 0.25) is 0 Å². The average molecular weight is 345 g/mol. The van der Waals surface area contributed by atoms with Gasteiger partial charge in [0.1, 0.15) is 5.75 Å². The molecule has 0 radical (unpaired) electrons. The van der Waals surface area contributed by atoms with Crippen LogP contribution in [0.15, 0.2) is 18.2 Å². The predicted molar refractivity (Wildman–Crippen MR) is 75.5 cm³/mol. The van der Waals surface area contributed by atoms with Crippen LogP contribution >= 0.6 is 22.6 Å². The summed E-state index contributed by atoms with van der Waals surface area (Å²) in [6.45, 7) is 1.78. The molecule has 0 spiro atoms. The quantitative estimate of drug-likeness (QED) is 0.772. The molecule has 0 atom stereocenters. The molecule has 1 aliphatic heterocycles. The molecule has 1 aliphatic rings. The van der Waals surface area contributed by atoms with Crippen molar-refractivity contribution in [2.24, 2.45) is 0 Å². The van der Waals surface area contributed by atoms with E-state index in [4.69, 9.17) is 4.74 Å². The van der Waals surface area contributed by atoms with Gasteiger partial charge in [-0.3, -0.25) is 4.79 Å². The lowest BCUT2D eigenvalue weighted by molar-refractivity contribution is 0.0723. The van der Waals surface area contributed by atoms with Gasteiger partial charge in [-0.05, 0) is 60.1 Å². The Labute approximate surface area is 115 Å². The molecule has 1 fully saturated rings. The first-order chi connectivity index (χ1) is 8.22. The first-order valence-corrected chi connectivity index (χ1v) is 6.93. The second kappa shape index (κ2) is 5.71. The number of benzene rings is 1. The number of halogens is 1. The SMILES string of the molecule is COc1ccc(C(=O)N2CCCCC2)c(I)c1. The van der Waals surface area contributed by atoms with Crippen molar-refractivity contribution in [1.29, 1.82) is 0 Å². The standard InChI is InChI=1S/C13H16INO2/c1-17-10-5-6-11(12(14)9-10)13(16)15-7-3-2-4-8-15/h5-6,9H,2-4,7-8H2,1H3. The fourth-order valence-electron chi connectivity index (χ4n) is 2.06. The number of ether oxygens (including phenoxy) is 1. The Bertz CT molecular complexity index is 414. The highest BCUT2D eigenvalue weighted by Gasteiger charge is 2.20. The third-order valence-corrected chi connectivity index (χ3v) is 3.94. The summed E-state index contributed by atoms with van der Waals surface area (Å²) in [6, 6.07) is 5.61. The third-order valence-electron chi connectivity index (χ3n) is 3.05. The Morgan fingerprint density at radius 2 is 2.00 bits per heavy atom. The number of piperidine rings is 1. The van der Waals surface area contributed by atoms with E-state index in [1.807, 2.05) is 23.1 Å². The molecule has 0 bridgehead atoms. The van der Waals surface area contributed by atoms with E-state index in [2.05, 4.69) is 22.6 Å². The van der Waals surface area contributed by atoms with Gasteiger partial charge in [0.25, 0.3) is 5.91 Å². The van der Waals surface area contributed by atoms with Crippen LogP contribution in [-0.2, 0) is 0 Å². The largest absolute Gasteiger partial charge is 0.497 e. The Kier molecular flexibility index (Phi) is 4.25. The molecule has 0 aliphatic carbocycles. The summed E-state index contributed by atoms with van der Waals surface area (Å²) in [6.07, 6.45) is 3.49. The lowest BCUT2D eigenvalue weighted by atomic mass is 10.1. The summed E-state index contributed by atoms with van der Waals surface area (Å²) in [7, 11) is 1.64. The van der Waals surface area contributed by atoms with Gasteiger partial charge in [0.05, 0.1) is 12.7 Å². The molecule has 1 saturated heterocycles. The Balaban J connectivity index is 2.18. The van der Waals surface area contributed by atoms with Gasteiger partial charge in [0.15, 0.2) is 0 Å². The fourth-order valence-corrected chi connectivity index (χ4v) is 2.78. The lowest BCUT2D eigenvalue weighted by Crippen LogP contribution is -2.35. The number of methoxy groups -OCH3 is 1. The second-order valence-corrected chi connectivity index (χ2v) is 5.36. The van der Waals surface area contributed by atoms with Gasteiger partial charge in [0, 0.05) is 16.7 Å². The zero-order valence-electron chi connectivity index (χ0n) is 9.91. The van der Waals surface area contributed by atoms with Crippen molar-refractivity contribution in [1.82, 2.24) is 4.90 Å². The molecule has 1 aromatic rings. The number of rotatable bonds is 2. The maximum absolute atomic E-state index is 12.3. The van der Waals surface area contributed by atoms with Gasteiger partial charge in [-0.1, -0.05) is 0 Å². The van der Waals surface area contributed by atoms with Crippen molar-refractivity contribution < 1.29 is 9.53 Å². The van der Waals surface area contributed by atoms with Crippen LogP contribution in [-0.4, -0.2) is 31.0 Å². The minimum atomic E-state index is 0.150.